The van der Waals surface area contributed by atoms with Crippen LogP contribution in [-0.4, -0.2) is 33.5 Å². The predicted molar refractivity (Wildman–Crippen MR) is 95.3 cm³/mol. The van der Waals surface area contributed by atoms with E-state index in [1.807, 2.05) is 12.1 Å². The Kier molecular flexibility index (Phi) is 6.20. The van der Waals surface area contributed by atoms with Crippen molar-refractivity contribution in [1.82, 2.24) is 5.43 Å². The molecule has 2 rings (SSSR count). The van der Waals surface area contributed by atoms with Crippen molar-refractivity contribution in [3.63, 3.8) is 0 Å². The average Bonchev–Trinajstić information content (AvgIpc) is 2.61. The van der Waals surface area contributed by atoms with Crippen LogP contribution in [0.2, 0.25) is 0 Å². The molecule has 0 aromatic heterocycles. The van der Waals surface area contributed by atoms with Crippen molar-refractivity contribution in [2.75, 3.05) is 21.3 Å². The first-order valence-electron chi connectivity index (χ1n) is 6.98. The van der Waals surface area contributed by atoms with E-state index in [0.717, 1.165) is 15.8 Å². The SMILES string of the molecule is COc1ccc(C(=O)N/N=C\c2ccc(OC)c(Br)c2)c(OC)c1. The van der Waals surface area contributed by atoms with Gasteiger partial charge in [0.2, 0.25) is 0 Å². The molecular weight excluding hydrogens is 376 g/mol. The first-order chi connectivity index (χ1) is 11.6. The topological polar surface area (TPSA) is 69.2 Å². The number of carbonyl (C=O) groups is 1. The largest absolute Gasteiger partial charge is 0.497 e. The zero-order valence-corrected chi connectivity index (χ0v) is 15.1. The molecule has 126 valence electrons. The number of hydrazone groups is 1. The van der Waals surface area contributed by atoms with Gasteiger partial charge in [-0.2, -0.15) is 5.10 Å². The molecule has 0 saturated carbocycles. The lowest BCUT2D eigenvalue weighted by Crippen LogP contribution is -2.18. The van der Waals surface area contributed by atoms with E-state index >= 15 is 0 Å². The number of benzene rings is 2. The molecule has 0 aliphatic carbocycles. The Labute approximate surface area is 148 Å². The lowest BCUT2D eigenvalue weighted by Gasteiger charge is -2.09. The number of amides is 1. The number of carbonyl (C=O) groups excluding carboxylic acids is 1. The summed E-state index contributed by atoms with van der Waals surface area (Å²) in [5, 5.41) is 3.96. The fraction of sp³-hybridized carbons (Fsp3) is 0.176. The molecule has 6 nitrogen and oxygen atoms in total. The second-order valence-electron chi connectivity index (χ2n) is 4.66. The van der Waals surface area contributed by atoms with Crippen LogP contribution in [0.1, 0.15) is 15.9 Å². The Morgan fingerprint density at radius 1 is 1.04 bits per heavy atom. The van der Waals surface area contributed by atoms with Crippen LogP contribution in [0.5, 0.6) is 17.2 Å². The highest BCUT2D eigenvalue weighted by Gasteiger charge is 2.12. The number of rotatable bonds is 6. The van der Waals surface area contributed by atoms with Gasteiger partial charge in [0.15, 0.2) is 0 Å². The lowest BCUT2D eigenvalue weighted by molar-refractivity contribution is 0.0952. The maximum absolute atomic E-state index is 12.2. The van der Waals surface area contributed by atoms with Gasteiger partial charge in [0, 0.05) is 6.07 Å². The quantitative estimate of drug-likeness (QED) is 0.605. The molecule has 0 aliphatic rings. The molecule has 0 unspecified atom stereocenters. The minimum atomic E-state index is -0.377. The van der Waals surface area contributed by atoms with E-state index < -0.39 is 0 Å². The van der Waals surface area contributed by atoms with Crippen LogP contribution in [0, 0.1) is 0 Å². The fourth-order valence-corrected chi connectivity index (χ4v) is 2.53. The monoisotopic (exact) mass is 392 g/mol. The van der Waals surface area contributed by atoms with Crippen molar-refractivity contribution in [1.29, 1.82) is 0 Å². The Morgan fingerprint density at radius 3 is 2.42 bits per heavy atom. The van der Waals surface area contributed by atoms with Crippen LogP contribution < -0.4 is 19.6 Å². The number of hydrogen-bond donors (Lipinski definition) is 1. The smallest absolute Gasteiger partial charge is 0.275 e. The molecule has 2 aromatic carbocycles. The maximum Gasteiger partial charge on any atom is 0.275 e. The normalized spacial score (nSPS) is 10.5. The highest BCUT2D eigenvalue weighted by molar-refractivity contribution is 9.10. The molecule has 1 N–H and O–H groups in total. The molecule has 0 spiro atoms. The number of nitrogens with one attached hydrogen (secondary N) is 1. The van der Waals surface area contributed by atoms with Gasteiger partial charge < -0.3 is 14.2 Å². The second kappa shape index (κ2) is 8.35. The molecule has 0 radical (unpaired) electrons. The number of nitrogens with zero attached hydrogens (tertiary/aromatic N) is 1. The molecule has 7 heteroatoms. The standard InChI is InChI=1S/C17H17BrN2O4/c1-22-12-5-6-13(16(9-12)24-3)17(21)20-19-10-11-4-7-15(23-2)14(18)8-11/h4-10H,1-3H3,(H,20,21)/b19-10-. The molecule has 0 fully saturated rings. The summed E-state index contributed by atoms with van der Waals surface area (Å²) >= 11 is 3.39. The van der Waals surface area contributed by atoms with Crippen LogP contribution in [0.3, 0.4) is 0 Å². The van der Waals surface area contributed by atoms with Gasteiger partial charge in [0.1, 0.15) is 17.2 Å². The van der Waals surface area contributed by atoms with Crippen molar-refractivity contribution in [3.8, 4) is 17.2 Å². The molecule has 24 heavy (non-hydrogen) atoms. The summed E-state index contributed by atoms with van der Waals surface area (Å²) in [6.45, 7) is 0. The highest BCUT2D eigenvalue weighted by atomic mass is 79.9. The maximum atomic E-state index is 12.2. The van der Waals surface area contributed by atoms with Crippen molar-refractivity contribution >= 4 is 28.1 Å². The Balaban J connectivity index is 2.09. The molecule has 0 bridgehead atoms. The fourth-order valence-electron chi connectivity index (χ4n) is 1.97. The van der Waals surface area contributed by atoms with Gasteiger partial charge >= 0.3 is 0 Å². The van der Waals surface area contributed by atoms with Crippen LogP contribution in [0.4, 0.5) is 0 Å². The summed E-state index contributed by atoms with van der Waals surface area (Å²) in [5.41, 5.74) is 3.65. The van der Waals surface area contributed by atoms with Crippen LogP contribution >= 0.6 is 15.9 Å². The summed E-state index contributed by atoms with van der Waals surface area (Å²) in [7, 11) is 4.63. The summed E-state index contributed by atoms with van der Waals surface area (Å²) in [4.78, 5) is 12.2. The minimum Gasteiger partial charge on any atom is -0.497 e. The van der Waals surface area contributed by atoms with E-state index in [2.05, 4.69) is 26.5 Å². The van der Waals surface area contributed by atoms with Gasteiger partial charge in [-0.15, -0.1) is 0 Å². The molecule has 0 atom stereocenters. The van der Waals surface area contributed by atoms with Gasteiger partial charge in [-0.05, 0) is 51.8 Å². The molecule has 2 aromatic rings. The predicted octanol–water partition coefficient (Wildman–Crippen LogP) is 3.24. The molecular formula is C17H17BrN2O4. The van der Waals surface area contributed by atoms with Crippen molar-refractivity contribution in [2.45, 2.75) is 0 Å². The number of halogens is 1. The number of hydrogen-bond acceptors (Lipinski definition) is 5. The zero-order valence-electron chi connectivity index (χ0n) is 13.5. The Morgan fingerprint density at radius 2 is 1.79 bits per heavy atom. The minimum absolute atomic E-state index is 0.367. The van der Waals surface area contributed by atoms with Gasteiger partial charge in [0.05, 0.1) is 37.6 Å². The van der Waals surface area contributed by atoms with Crippen LogP contribution in [0.15, 0.2) is 46.0 Å². The van der Waals surface area contributed by atoms with E-state index in [4.69, 9.17) is 14.2 Å². The van der Waals surface area contributed by atoms with Crippen molar-refractivity contribution < 1.29 is 19.0 Å². The highest BCUT2D eigenvalue weighted by Crippen LogP contribution is 2.25. The van der Waals surface area contributed by atoms with Crippen molar-refractivity contribution in [3.05, 3.63) is 52.0 Å². The Hall–Kier alpha value is -2.54. The number of ether oxygens (including phenoxy) is 3. The summed E-state index contributed by atoms with van der Waals surface area (Å²) in [6, 6.07) is 10.4. The van der Waals surface area contributed by atoms with E-state index in [1.165, 1.54) is 13.3 Å². The third-order valence-electron chi connectivity index (χ3n) is 3.21. The summed E-state index contributed by atoms with van der Waals surface area (Å²) < 4.78 is 16.3. The molecule has 0 saturated heterocycles. The summed E-state index contributed by atoms with van der Waals surface area (Å²) in [5.74, 6) is 1.36. The van der Waals surface area contributed by atoms with Crippen LogP contribution in [-0.2, 0) is 0 Å². The van der Waals surface area contributed by atoms with E-state index in [9.17, 15) is 4.79 Å². The van der Waals surface area contributed by atoms with Crippen LogP contribution in [0.25, 0.3) is 0 Å². The average molecular weight is 393 g/mol. The second-order valence-corrected chi connectivity index (χ2v) is 5.51. The lowest BCUT2D eigenvalue weighted by atomic mass is 10.2. The van der Waals surface area contributed by atoms with E-state index in [-0.39, 0.29) is 5.91 Å². The van der Waals surface area contributed by atoms with E-state index in [1.54, 1.807) is 38.5 Å². The molecule has 0 aliphatic heterocycles. The zero-order chi connectivity index (χ0) is 17.5. The first kappa shape index (κ1) is 17.8. The van der Waals surface area contributed by atoms with Gasteiger partial charge in [-0.25, -0.2) is 5.43 Å². The van der Waals surface area contributed by atoms with Gasteiger partial charge in [-0.3, -0.25) is 4.79 Å². The third-order valence-corrected chi connectivity index (χ3v) is 3.83. The third kappa shape index (κ3) is 4.26. The first-order valence-corrected chi connectivity index (χ1v) is 7.77. The Bertz CT molecular complexity index is 762. The molecule has 1 amide bonds. The van der Waals surface area contributed by atoms with Crippen molar-refractivity contribution in [2.24, 2.45) is 5.10 Å². The summed E-state index contributed by atoms with van der Waals surface area (Å²) in [6.07, 6.45) is 1.54. The van der Waals surface area contributed by atoms with Gasteiger partial charge in [0.25, 0.3) is 5.91 Å². The molecule has 0 heterocycles. The van der Waals surface area contributed by atoms with Gasteiger partial charge in [-0.1, -0.05) is 0 Å². The van der Waals surface area contributed by atoms with E-state index in [0.29, 0.717) is 17.1 Å². The number of methoxy groups -OCH3 is 3.